The summed E-state index contributed by atoms with van der Waals surface area (Å²) < 4.78 is 0. The molecule has 0 radical (unpaired) electrons. The zero-order valence-corrected chi connectivity index (χ0v) is 13.1. The van der Waals surface area contributed by atoms with Gasteiger partial charge in [0.05, 0.1) is 16.1 Å². The van der Waals surface area contributed by atoms with Crippen molar-refractivity contribution in [3.63, 3.8) is 0 Å². The third-order valence-electron chi connectivity index (χ3n) is 3.44. The Morgan fingerprint density at radius 2 is 1.85 bits per heavy atom. The predicted octanol–water partition coefficient (Wildman–Crippen LogP) is 4.44. The van der Waals surface area contributed by atoms with Gasteiger partial charge in [-0.3, -0.25) is 0 Å². The highest BCUT2D eigenvalue weighted by Crippen LogP contribution is 2.33. The summed E-state index contributed by atoms with van der Waals surface area (Å²) in [4.78, 5) is 2.13. The highest BCUT2D eigenvalue weighted by molar-refractivity contribution is 6.42. The molecular formula is C16H18Cl2N2. The fourth-order valence-electron chi connectivity index (χ4n) is 2.30. The van der Waals surface area contributed by atoms with E-state index in [0.29, 0.717) is 16.6 Å². The molecule has 0 aliphatic rings. The number of halogens is 2. The van der Waals surface area contributed by atoms with Gasteiger partial charge in [-0.25, -0.2) is 0 Å². The van der Waals surface area contributed by atoms with Gasteiger partial charge in [0.2, 0.25) is 0 Å². The van der Waals surface area contributed by atoms with E-state index in [4.69, 9.17) is 28.9 Å². The molecule has 20 heavy (non-hydrogen) atoms. The van der Waals surface area contributed by atoms with Crippen LogP contribution in [0.15, 0.2) is 42.5 Å². The van der Waals surface area contributed by atoms with E-state index in [1.54, 1.807) is 6.07 Å². The molecule has 0 bridgehead atoms. The van der Waals surface area contributed by atoms with Crippen LogP contribution in [-0.2, 0) is 0 Å². The highest BCUT2D eigenvalue weighted by Gasteiger charge is 2.19. The highest BCUT2D eigenvalue weighted by atomic mass is 35.5. The molecule has 4 heteroatoms. The molecule has 2 N–H and O–H groups in total. The summed E-state index contributed by atoms with van der Waals surface area (Å²) in [5, 5.41) is 1.13. The first-order valence-corrected chi connectivity index (χ1v) is 7.23. The molecule has 2 aromatic rings. The average molecular weight is 309 g/mol. The number of aryl methyl sites for hydroxylation is 1. The van der Waals surface area contributed by atoms with Crippen molar-refractivity contribution in [3.05, 3.63) is 63.6 Å². The van der Waals surface area contributed by atoms with Crippen LogP contribution < -0.4 is 10.6 Å². The normalized spacial score (nSPS) is 12.2. The molecule has 106 valence electrons. The van der Waals surface area contributed by atoms with Gasteiger partial charge < -0.3 is 10.6 Å². The van der Waals surface area contributed by atoms with Crippen LogP contribution >= 0.6 is 23.2 Å². The first-order valence-electron chi connectivity index (χ1n) is 6.48. The number of hydrogen-bond donors (Lipinski definition) is 1. The lowest BCUT2D eigenvalue weighted by Gasteiger charge is -2.30. The summed E-state index contributed by atoms with van der Waals surface area (Å²) in [5.74, 6) is 0. The Morgan fingerprint density at radius 3 is 2.50 bits per heavy atom. The Kier molecular flexibility index (Phi) is 4.92. The first kappa shape index (κ1) is 15.2. The Morgan fingerprint density at radius 1 is 1.15 bits per heavy atom. The number of rotatable bonds is 4. The smallest absolute Gasteiger partial charge is 0.0676 e. The summed E-state index contributed by atoms with van der Waals surface area (Å²) in [7, 11) is 2.02. The van der Waals surface area contributed by atoms with Crippen molar-refractivity contribution >= 4 is 28.9 Å². The summed E-state index contributed by atoms with van der Waals surface area (Å²) in [6.45, 7) is 2.53. The van der Waals surface area contributed by atoms with E-state index >= 15 is 0 Å². The maximum absolute atomic E-state index is 6.32. The second-order valence-electron chi connectivity index (χ2n) is 4.84. The predicted molar refractivity (Wildman–Crippen MR) is 87.8 cm³/mol. The molecule has 2 aromatic carbocycles. The summed E-state index contributed by atoms with van der Waals surface area (Å²) in [6, 6.07) is 13.9. The van der Waals surface area contributed by atoms with Gasteiger partial charge in [-0.05, 0) is 36.2 Å². The van der Waals surface area contributed by atoms with E-state index in [1.165, 1.54) is 5.56 Å². The second-order valence-corrected chi connectivity index (χ2v) is 5.63. The topological polar surface area (TPSA) is 29.3 Å². The largest absolute Gasteiger partial charge is 0.366 e. The van der Waals surface area contributed by atoms with E-state index in [9.17, 15) is 0 Å². The first-order chi connectivity index (χ1) is 9.54. The lowest BCUT2D eigenvalue weighted by molar-refractivity contribution is 0.681. The molecule has 1 unspecified atom stereocenters. The second kappa shape index (κ2) is 6.49. The Balaban J connectivity index is 2.39. The molecule has 0 aliphatic heterocycles. The number of nitrogens with zero attached hydrogens (tertiary/aromatic N) is 1. The molecule has 0 spiro atoms. The van der Waals surface area contributed by atoms with Crippen molar-refractivity contribution < 1.29 is 0 Å². The molecule has 0 fully saturated rings. The van der Waals surface area contributed by atoms with Crippen LogP contribution in [0.5, 0.6) is 0 Å². The van der Waals surface area contributed by atoms with Gasteiger partial charge in [0, 0.05) is 19.3 Å². The number of benzene rings is 2. The van der Waals surface area contributed by atoms with Crippen LogP contribution in [0.2, 0.25) is 10.0 Å². The van der Waals surface area contributed by atoms with Crippen molar-refractivity contribution in [2.45, 2.75) is 13.0 Å². The van der Waals surface area contributed by atoms with Crippen molar-refractivity contribution in [3.8, 4) is 0 Å². The van der Waals surface area contributed by atoms with Crippen LogP contribution in [0.1, 0.15) is 17.2 Å². The minimum absolute atomic E-state index is 0.0111. The zero-order valence-electron chi connectivity index (χ0n) is 11.6. The van der Waals surface area contributed by atoms with E-state index in [0.717, 1.165) is 11.3 Å². The Labute approximate surface area is 130 Å². The zero-order chi connectivity index (χ0) is 14.7. The molecule has 2 rings (SSSR count). The van der Waals surface area contributed by atoms with Gasteiger partial charge in [-0.15, -0.1) is 0 Å². The SMILES string of the molecule is Cc1cccc(N(C)C(CN)c2cccc(Cl)c2Cl)c1. The molecule has 2 nitrogen and oxygen atoms in total. The molecule has 0 saturated carbocycles. The summed E-state index contributed by atoms with van der Waals surface area (Å²) in [6.07, 6.45) is 0. The number of anilines is 1. The Hall–Kier alpha value is -1.22. The van der Waals surface area contributed by atoms with Gasteiger partial charge in [-0.2, -0.15) is 0 Å². The maximum atomic E-state index is 6.32. The number of nitrogens with two attached hydrogens (primary N) is 1. The summed E-state index contributed by atoms with van der Waals surface area (Å²) in [5.41, 5.74) is 9.22. The standard InChI is InChI=1S/C16H18Cl2N2/c1-11-5-3-6-12(9-11)20(2)15(10-19)13-7-4-8-14(17)16(13)18/h3-9,15H,10,19H2,1-2H3. The molecule has 0 aromatic heterocycles. The van der Waals surface area contributed by atoms with Crippen LogP contribution in [0.3, 0.4) is 0 Å². The molecule has 0 aliphatic carbocycles. The summed E-state index contributed by atoms with van der Waals surface area (Å²) >= 11 is 12.4. The van der Waals surface area contributed by atoms with Crippen LogP contribution in [0.25, 0.3) is 0 Å². The van der Waals surface area contributed by atoms with Gasteiger partial charge in [-0.1, -0.05) is 47.5 Å². The van der Waals surface area contributed by atoms with Gasteiger partial charge in [0.25, 0.3) is 0 Å². The molecular weight excluding hydrogens is 291 g/mol. The van der Waals surface area contributed by atoms with Crippen LogP contribution in [-0.4, -0.2) is 13.6 Å². The van der Waals surface area contributed by atoms with Gasteiger partial charge in [0.15, 0.2) is 0 Å². The monoisotopic (exact) mass is 308 g/mol. The van der Waals surface area contributed by atoms with E-state index in [1.807, 2.05) is 25.2 Å². The average Bonchev–Trinajstić information content (AvgIpc) is 2.44. The van der Waals surface area contributed by atoms with E-state index in [2.05, 4.69) is 30.0 Å². The molecule has 0 saturated heterocycles. The van der Waals surface area contributed by atoms with Crippen molar-refractivity contribution in [2.24, 2.45) is 5.73 Å². The third kappa shape index (κ3) is 3.09. The van der Waals surface area contributed by atoms with Crippen LogP contribution in [0, 0.1) is 6.92 Å². The molecule has 0 heterocycles. The quantitative estimate of drug-likeness (QED) is 0.905. The molecule has 0 amide bonds. The maximum Gasteiger partial charge on any atom is 0.0676 e. The third-order valence-corrected chi connectivity index (χ3v) is 4.27. The van der Waals surface area contributed by atoms with Crippen LogP contribution in [0.4, 0.5) is 5.69 Å². The fourth-order valence-corrected chi connectivity index (χ4v) is 2.73. The minimum Gasteiger partial charge on any atom is -0.366 e. The van der Waals surface area contributed by atoms with E-state index < -0.39 is 0 Å². The number of likely N-dealkylation sites (N-methyl/N-ethyl adjacent to an activating group) is 1. The van der Waals surface area contributed by atoms with Crippen molar-refractivity contribution in [1.82, 2.24) is 0 Å². The lowest BCUT2D eigenvalue weighted by atomic mass is 10.0. The van der Waals surface area contributed by atoms with Gasteiger partial charge in [0.1, 0.15) is 0 Å². The lowest BCUT2D eigenvalue weighted by Crippen LogP contribution is -2.30. The number of hydrogen-bond acceptors (Lipinski definition) is 2. The molecule has 1 atom stereocenters. The minimum atomic E-state index is -0.0111. The van der Waals surface area contributed by atoms with Gasteiger partial charge >= 0.3 is 0 Å². The van der Waals surface area contributed by atoms with E-state index in [-0.39, 0.29) is 6.04 Å². The Bertz CT molecular complexity index is 599. The van der Waals surface area contributed by atoms with Crippen molar-refractivity contribution in [1.29, 1.82) is 0 Å². The van der Waals surface area contributed by atoms with Crippen molar-refractivity contribution in [2.75, 3.05) is 18.5 Å². The fraction of sp³-hybridized carbons (Fsp3) is 0.250.